The van der Waals surface area contributed by atoms with E-state index >= 15 is 0 Å². The zero-order valence-corrected chi connectivity index (χ0v) is 25.5. The number of benzene rings is 3. The highest BCUT2D eigenvalue weighted by molar-refractivity contribution is 7.86. The van der Waals surface area contributed by atoms with Crippen LogP contribution in [0.3, 0.4) is 0 Å². The minimum absolute atomic E-state index is 0.0389. The third-order valence-corrected chi connectivity index (χ3v) is 9.13. The fourth-order valence-electron chi connectivity index (χ4n) is 4.77. The number of carbonyl (C=O) groups is 1. The molecule has 1 saturated heterocycles. The minimum Gasteiger partial charge on any atom is -0.366 e. The number of halogens is 8. The van der Waals surface area contributed by atoms with E-state index in [0.29, 0.717) is 17.7 Å². The van der Waals surface area contributed by atoms with Crippen LogP contribution in [0.1, 0.15) is 28.7 Å². The molecule has 0 N–H and O–H groups in total. The maximum absolute atomic E-state index is 13.4. The Morgan fingerprint density at radius 3 is 2.11 bits per heavy atom. The van der Waals surface area contributed by atoms with Crippen molar-refractivity contribution in [1.82, 2.24) is 4.90 Å². The first kappa shape index (κ1) is 35.4. The van der Waals surface area contributed by atoms with Crippen LogP contribution in [0.25, 0.3) is 0 Å². The summed E-state index contributed by atoms with van der Waals surface area (Å²) in [6.07, 6.45) is -11.2. The number of hydrogen-bond donors (Lipinski definition) is 0. The molecule has 1 amide bonds. The molecule has 18 heteroatoms. The van der Waals surface area contributed by atoms with E-state index in [2.05, 4.69) is 0 Å². The van der Waals surface area contributed by atoms with E-state index < -0.39 is 68.6 Å². The first-order valence-electron chi connectivity index (χ1n) is 13.1. The standard InChI is InChI=1S/C28H22Cl2F6N2O7S/c29-23-6-1-18(15-24(23)30)26(7-9-45-46(42,43)22-4-2-21(3-5-22)38(40)41)16-37(8-10-44-26)25(39)13-17-11-19(27(31,32)33)14-20(12-17)28(34,35)36/h1-6,11-12,14-15H,7-10,13,16H2/t26-/m0/s1. The molecule has 0 unspecified atom stereocenters. The number of amides is 1. The molecule has 9 nitrogen and oxygen atoms in total. The van der Waals surface area contributed by atoms with Crippen molar-refractivity contribution in [3.05, 3.63) is 103 Å². The molecule has 1 aliphatic rings. The van der Waals surface area contributed by atoms with Crippen molar-refractivity contribution in [2.75, 3.05) is 26.3 Å². The maximum atomic E-state index is 13.4. The number of nitrogens with zero attached hydrogens (tertiary/aromatic N) is 2. The van der Waals surface area contributed by atoms with Crippen molar-refractivity contribution in [3.8, 4) is 0 Å². The quantitative estimate of drug-likeness (QED) is 0.101. The summed E-state index contributed by atoms with van der Waals surface area (Å²) in [4.78, 5) is 24.3. The average molecular weight is 715 g/mol. The van der Waals surface area contributed by atoms with Crippen molar-refractivity contribution < 1.29 is 53.4 Å². The van der Waals surface area contributed by atoms with Gasteiger partial charge in [0.15, 0.2) is 0 Å². The molecule has 3 aromatic carbocycles. The second-order valence-electron chi connectivity index (χ2n) is 10.2. The van der Waals surface area contributed by atoms with Gasteiger partial charge in [-0.15, -0.1) is 0 Å². The number of morpholine rings is 1. The lowest BCUT2D eigenvalue weighted by molar-refractivity contribution is -0.384. The van der Waals surface area contributed by atoms with Crippen molar-refractivity contribution >= 4 is 44.9 Å². The first-order chi connectivity index (χ1) is 21.3. The van der Waals surface area contributed by atoms with Crippen LogP contribution in [-0.4, -0.2) is 50.5 Å². The third kappa shape index (κ3) is 8.28. The third-order valence-electron chi connectivity index (χ3n) is 7.07. The van der Waals surface area contributed by atoms with Crippen LogP contribution < -0.4 is 0 Å². The first-order valence-corrected chi connectivity index (χ1v) is 15.3. The van der Waals surface area contributed by atoms with E-state index in [9.17, 15) is 49.7 Å². The van der Waals surface area contributed by atoms with Crippen molar-refractivity contribution in [1.29, 1.82) is 0 Å². The molecule has 0 aliphatic carbocycles. The Morgan fingerprint density at radius 1 is 0.957 bits per heavy atom. The van der Waals surface area contributed by atoms with Gasteiger partial charge in [0.1, 0.15) is 5.60 Å². The van der Waals surface area contributed by atoms with Gasteiger partial charge in [0.2, 0.25) is 5.91 Å². The topological polar surface area (TPSA) is 116 Å². The highest BCUT2D eigenvalue weighted by atomic mass is 35.5. The molecule has 0 spiro atoms. The fourth-order valence-corrected chi connectivity index (χ4v) is 5.98. The number of rotatable bonds is 9. The number of nitro benzene ring substituents is 1. The smallest absolute Gasteiger partial charge is 0.366 e. The molecule has 0 radical (unpaired) electrons. The molecular formula is C28H22Cl2F6N2O7S. The Bertz CT molecular complexity index is 1710. The summed E-state index contributed by atoms with van der Waals surface area (Å²) in [5.41, 5.74) is -5.17. The predicted octanol–water partition coefficient (Wildman–Crippen LogP) is 7.03. The van der Waals surface area contributed by atoms with Crippen LogP contribution in [0, 0.1) is 10.1 Å². The highest BCUT2D eigenvalue weighted by Crippen LogP contribution is 2.39. The zero-order chi connectivity index (χ0) is 34.1. The summed E-state index contributed by atoms with van der Waals surface area (Å²) in [6.45, 7) is -1.09. The Morgan fingerprint density at radius 2 is 1.57 bits per heavy atom. The SMILES string of the molecule is O=C(Cc1cc(C(F)(F)F)cc(C(F)(F)F)c1)N1CCO[C@](CCOS(=O)(=O)c2ccc([N+](=O)[O-])cc2)(c2ccc(Cl)c(Cl)c2)C1. The van der Waals surface area contributed by atoms with E-state index in [1.165, 1.54) is 23.1 Å². The summed E-state index contributed by atoms with van der Waals surface area (Å²) in [5.74, 6) is -0.820. The average Bonchev–Trinajstić information content (AvgIpc) is 2.97. The van der Waals surface area contributed by atoms with E-state index in [1.807, 2.05) is 0 Å². The van der Waals surface area contributed by atoms with Gasteiger partial charge in [-0.05, 0) is 53.6 Å². The van der Waals surface area contributed by atoms with Gasteiger partial charge in [-0.3, -0.25) is 19.1 Å². The highest BCUT2D eigenvalue weighted by Gasteiger charge is 2.41. The fraction of sp³-hybridized carbons (Fsp3) is 0.321. The second-order valence-corrected chi connectivity index (χ2v) is 12.6. The van der Waals surface area contributed by atoms with Crippen molar-refractivity contribution in [2.24, 2.45) is 0 Å². The Hall–Kier alpha value is -3.44. The van der Waals surface area contributed by atoms with E-state index in [0.717, 1.165) is 24.3 Å². The van der Waals surface area contributed by atoms with Crippen molar-refractivity contribution in [3.63, 3.8) is 0 Å². The normalized spacial score (nSPS) is 17.6. The van der Waals surface area contributed by atoms with Gasteiger partial charge in [-0.2, -0.15) is 34.8 Å². The molecule has 0 bridgehead atoms. The molecule has 0 aromatic heterocycles. The van der Waals surface area contributed by atoms with Crippen LogP contribution in [0.2, 0.25) is 10.0 Å². The van der Waals surface area contributed by atoms with Crippen LogP contribution in [0.5, 0.6) is 0 Å². The monoisotopic (exact) mass is 714 g/mol. The molecule has 0 saturated carbocycles. The Balaban J connectivity index is 1.59. The number of non-ortho nitro benzene ring substituents is 1. The van der Waals surface area contributed by atoms with Crippen LogP contribution in [0.15, 0.2) is 65.6 Å². The van der Waals surface area contributed by atoms with Crippen molar-refractivity contribution in [2.45, 2.75) is 35.7 Å². The van der Waals surface area contributed by atoms with Crippen LogP contribution >= 0.6 is 23.2 Å². The molecule has 3 aromatic rings. The van der Waals surface area contributed by atoms with Gasteiger partial charge in [0, 0.05) is 25.1 Å². The lowest BCUT2D eigenvalue weighted by Gasteiger charge is -2.43. The minimum atomic E-state index is -5.10. The number of alkyl halides is 6. The summed E-state index contributed by atoms with van der Waals surface area (Å²) < 4.78 is 117. The number of carbonyl (C=O) groups excluding carboxylic acids is 1. The van der Waals surface area contributed by atoms with E-state index in [1.54, 1.807) is 0 Å². The molecule has 1 atom stereocenters. The lowest BCUT2D eigenvalue weighted by Crippen LogP contribution is -2.52. The summed E-state index contributed by atoms with van der Waals surface area (Å²) in [7, 11) is -4.42. The second kappa shape index (κ2) is 13.4. The van der Waals surface area contributed by atoms with Gasteiger partial charge >= 0.3 is 12.4 Å². The maximum Gasteiger partial charge on any atom is 0.416 e. The van der Waals surface area contributed by atoms with E-state index in [4.69, 9.17) is 32.1 Å². The number of hydrogen-bond acceptors (Lipinski definition) is 7. The molecule has 248 valence electrons. The molecule has 1 heterocycles. The number of ether oxygens (including phenoxy) is 1. The molecule has 1 fully saturated rings. The predicted molar refractivity (Wildman–Crippen MR) is 152 cm³/mol. The Labute approximate surface area is 267 Å². The molecule has 46 heavy (non-hydrogen) atoms. The number of nitro groups is 1. The van der Waals surface area contributed by atoms with Crippen LogP contribution in [0.4, 0.5) is 32.0 Å². The van der Waals surface area contributed by atoms with E-state index in [-0.39, 0.29) is 52.8 Å². The van der Waals surface area contributed by atoms with Gasteiger partial charge in [0.25, 0.3) is 15.8 Å². The van der Waals surface area contributed by atoms with Gasteiger partial charge < -0.3 is 9.64 Å². The van der Waals surface area contributed by atoms with Crippen LogP contribution in [-0.2, 0) is 48.2 Å². The largest absolute Gasteiger partial charge is 0.416 e. The zero-order valence-electron chi connectivity index (χ0n) is 23.2. The summed E-state index contributed by atoms with van der Waals surface area (Å²) in [5, 5.41) is 11.1. The molecular weight excluding hydrogens is 693 g/mol. The van der Waals surface area contributed by atoms with Gasteiger partial charge in [-0.25, -0.2) is 0 Å². The lowest BCUT2D eigenvalue weighted by atomic mass is 9.88. The van der Waals surface area contributed by atoms with Gasteiger partial charge in [0.05, 0.1) is 57.2 Å². The molecule has 4 rings (SSSR count). The molecule has 1 aliphatic heterocycles. The summed E-state index contributed by atoms with van der Waals surface area (Å²) in [6, 6.07) is 9.14. The Kier molecular flexibility index (Phi) is 10.3. The summed E-state index contributed by atoms with van der Waals surface area (Å²) >= 11 is 12.2. The van der Waals surface area contributed by atoms with Gasteiger partial charge in [-0.1, -0.05) is 29.3 Å².